The SMILES string of the molecule is CC(C)(C)OC(=O)N[C@H]1CCN(C(=O)CC2CCN(C(=O)OC(C)(C)C)CC2)C1. The van der Waals surface area contributed by atoms with Crippen molar-refractivity contribution in [2.24, 2.45) is 5.92 Å². The number of carbonyl (C=O) groups excluding carboxylic acids is 3. The Labute approximate surface area is 174 Å². The van der Waals surface area contributed by atoms with Gasteiger partial charge < -0.3 is 24.6 Å². The van der Waals surface area contributed by atoms with Crippen molar-refractivity contribution < 1.29 is 23.9 Å². The molecule has 0 aromatic rings. The first-order chi connectivity index (χ1) is 13.3. The molecule has 3 amide bonds. The standard InChI is InChI=1S/C21H37N3O5/c1-20(2,3)28-18(26)22-16-9-12-24(14-16)17(25)13-15-7-10-23(11-8-15)19(27)29-21(4,5)6/h15-16H,7-14H2,1-6H3,(H,22,26)/t16-/m0/s1. The predicted octanol–water partition coefficient (Wildman–Crippen LogP) is 3.15. The number of carbonyl (C=O) groups is 3. The maximum atomic E-state index is 12.7. The molecule has 2 aliphatic heterocycles. The van der Waals surface area contributed by atoms with Crippen LogP contribution in [-0.4, -0.2) is 71.3 Å². The minimum Gasteiger partial charge on any atom is -0.444 e. The van der Waals surface area contributed by atoms with Gasteiger partial charge in [0.05, 0.1) is 6.04 Å². The molecule has 2 rings (SSSR count). The first-order valence-electron chi connectivity index (χ1n) is 10.6. The van der Waals surface area contributed by atoms with Crippen LogP contribution in [0.15, 0.2) is 0 Å². The molecule has 0 radical (unpaired) electrons. The molecule has 0 bridgehead atoms. The number of amides is 3. The molecule has 166 valence electrons. The van der Waals surface area contributed by atoms with Crippen LogP contribution in [0.1, 0.15) is 67.2 Å². The van der Waals surface area contributed by atoms with Crippen molar-refractivity contribution in [1.82, 2.24) is 15.1 Å². The van der Waals surface area contributed by atoms with Crippen LogP contribution >= 0.6 is 0 Å². The van der Waals surface area contributed by atoms with Gasteiger partial charge in [-0.05, 0) is 66.7 Å². The lowest BCUT2D eigenvalue weighted by atomic mass is 9.93. The molecule has 0 spiro atoms. The summed E-state index contributed by atoms with van der Waals surface area (Å²) in [7, 11) is 0. The molecule has 8 heteroatoms. The van der Waals surface area contributed by atoms with E-state index in [0.717, 1.165) is 19.3 Å². The number of nitrogens with one attached hydrogen (secondary N) is 1. The second-order valence-corrected chi connectivity index (χ2v) is 10.1. The lowest BCUT2D eigenvalue weighted by molar-refractivity contribution is -0.131. The fourth-order valence-corrected chi connectivity index (χ4v) is 3.60. The molecule has 8 nitrogen and oxygen atoms in total. The minimum absolute atomic E-state index is 0.0668. The van der Waals surface area contributed by atoms with Crippen LogP contribution in [-0.2, 0) is 14.3 Å². The zero-order chi connectivity index (χ0) is 21.8. The number of piperidine rings is 1. The van der Waals surface area contributed by atoms with Crippen molar-refractivity contribution in [2.75, 3.05) is 26.2 Å². The van der Waals surface area contributed by atoms with Gasteiger partial charge in [-0.2, -0.15) is 0 Å². The summed E-state index contributed by atoms with van der Waals surface area (Å²) in [4.78, 5) is 40.2. The summed E-state index contributed by atoms with van der Waals surface area (Å²) in [5, 5.41) is 2.85. The van der Waals surface area contributed by atoms with Gasteiger partial charge in [0.15, 0.2) is 0 Å². The Kier molecular flexibility index (Phi) is 7.40. The maximum absolute atomic E-state index is 12.7. The van der Waals surface area contributed by atoms with Crippen molar-refractivity contribution in [3.63, 3.8) is 0 Å². The highest BCUT2D eigenvalue weighted by atomic mass is 16.6. The van der Waals surface area contributed by atoms with Crippen molar-refractivity contribution in [3.8, 4) is 0 Å². The van der Waals surface area contributed by atoms with Crippen molar-refractivity contribution in [3.05, 3.63) is 0 Å². The van der Waals surface area contributed by atoms with Gasteiger partial charge in [-0.1, -0.05) is 0 Å². The van der Waals surface area contributed by atoms with E-state index in [9.17, 15) is 14.4 Å². The van der Waals surface area contributed by atoms with E-state index in [4.69, 9.17) is 9.47 Å². The zero-order valence-corrected chi connectivity index (χ0v) is 18.7. The Hall–Kier alpha value is -1.99. The number of alkyl carbamates (subject to hydrolysis) is 1. The molecule has 29 heavy (non-hydrogen) atoms. The molecule has 0 saturated carbocycles. The zero-order valence-electron chi connectivity index (χ0n) is 18.7. The third-order valence-electron chi connectivity index (χ3n) is 4.99. The number of likely N-dealkylation sites (tertiary alicyclic amines) is 2. The molecule has 1 atom stereocenters. The van der Waals surface area contributed by atoms with E-state index in [1.807, 2.05) is 46.4 Å². The van der Waals surface area contributed by atoms with Gasteiger partial charge >= 0.3 is 12.2 Å². The normalized spacial score (nSPS) is 21.1. The second-order valence-electron chi connectivity index (χ2n) is 10.1. The third kappa shape index (κ3) is 8.11. The molecule has 0 aromatic carbocycles. The van der Waals surface area contributed by atoms with Gasteiger partial charge in [0, 0.05) is 32.6 Å². The first-order valence-corrected chi connectivity index (χ1v) is 10.6. The average Bonchev–Trinajstić information content (AvgIpc) is 3.00. The van der Waals surface area contributed by atoms with E-state index in [-0.39, 0.29) is 24.0 Å². The quantitative estimate of drug-likeness (QED) is 0.771. The Morgan fingerprint density at radius 3 is 1.97 bits per heavy atom. The molecule has 0 aromatic heterocycles. The summed E-state index contributed by atoms with van der Waals surface area (Å²) in [5.41, 5.74) is -1.03. The lowest BCUT2D eigenvalue weighted by Crippen LogP contribution is -2.43. The summed E-state index contributed by atoms with van der Waals surface area (Å²) in [6, 6.07) is -0.0668. The number of hydrogen-bond donors (Lipinski definition) is 1. The molecular formula is C21H37N3O5. The van der Waals surface area contributed by atoms with Crippen LogP contribution in [0.25, 0.3) is 0 Å². The number of nitrogens with zero attached hydrogens (tertiary/aromatic N) is 2. The molecule has 0 unspecified atom stereocenters. The highest BCUT2D eigenvalue weighted by molar-refractivity contribution is 5.77. The van der Waals surface area contributed by atoms with E-state index >= 15 is 0 Å². The lowest BCUT2D eigenvalue weighted by Gasteiger charge is -2.33. The fraction of sp³-hybridized carbons (Fsp3) is 0.857. The minimum atomic E-state index is -0.535. The first kappa shape index (κ1) is 23.3. The largest absolute Gasteiger partial charge is 0.444 e. The smallest absolute Gasteiger partial charge is 0.410 e. The Bertz CT molecular complexity index is 600. The number of ether oxygens (including phenoxy) is 2. The molecule has 1 N–H and O–H groups in total. The summed E-state index contributed by atoms with van der Waals surface area (Å²) >= 11 is 0. The molecule has 2 heterocycles. The monoisotopic (exact) mass is 411 g/mol. The van der Waals surface area contributed by atoms with Crippen LogP contribution in [0.3, 0.4) is 0 Å². The van der Waals surface area contributed by atoms with E-state index in [1.165, 1.54) is 0 Å². The van der Waals surface area contributed by atoms with Crippen molar-refractivity contribution in [1.29, 1.82) is 0 Å². The summed E-state index contributed by atoms with van der Waals surface area (Å²) in [6.45, 7) is 13.5. The predicted molar refractivity (Wildman–Crippen MR) is 110 cm³/mol. The van der Waals surface area contributed by atoms with Gasteiger partial charge in [0.2, 0.25) is 5.91 Å². The molecule has 0 aliphatic carbocycles. The molecule has 2 aliphatic rings. The summed E-state index contributed by atoms with van der Waals surface area (Å²) in [6.07, 6.45) is 2.12. The third-order valence-corrected chi connectivity index (χ3v) is 4.99. The van der Waals surface area contributed by atoms with Crippen LogP contribution in [0.2, 0.25) is 0 Å². The highest BCUT2D eigenvalue weighted by Crippen LogP contribution is 2.24. The van der Waals surface area contributed by atoms with Crippen molar-refractivity contribution >= 4 is 18.1 Å². The number of hydrogen-bond acceptors (Lipinski definition) is 5. The summed E-state index contributed by atoms with van der Waals surface area (Å²) in [5.74, 6) is 0.397. The van der Waals surface area contributed by atoms with Gasteiger partial charge in [-0.25, -0.2) is 9.59 Å². The van der Waals surface area contributed by atoms with Crippen LogP contribution in [0.5, 0.6) is 0 Å². The topological polar surface area (TPSA) is 88.2 Å². The Balaban J connectivity index is 1.71. The van der Waals surface area contributed by atoms with Crippen LogP contribution < -0.4 is 5.32 Å². The number of rotatable bonds is 3. The maximum Gasteiger partial charge on any atom is 0.410 e. The van der Waals surface area contributed by atoms with Gasteiger partial charge in [0.25, 0.3) is 0 Å². The van der Waals surface area contributed by atoms with Gasteiger partial charge in [-0.15, -0.1) is 0 Å². The summed E-state index contributed by atoms with van der Waals surface area (Å²) < 4.78 is 10.7. The molecule has 2 saturated heterocycles. The van der Waals surface area contributed by atoms with E-state index in [2.05, 4.69) is 5.32 Å². The van der Waals surface area contributed by atoms with E-state index in [1.54, 1.807) is 4.90 Å². The fourth-order valence-electron chi connectivity index (χ4n) is 3.60. The van der Waals surface area contributed by atoms with E-state index < -0.39 is 17.3 Å². The highest BCUT2D eigenvalue weighted by Gasteiger charge is 2.32. The molecular weight excluding hydrogens is 374 g/mol. The second kappa shape index (κ2) is 9.22. The van der Waals surface area contributed by atoms with Gasteiger partial charge in [0.1, 0.15) is 11.2 Å². The Morgan fingerprint density at radius 2 is 1.41 bits per heavy atom. The average molecular weight is 412 g/mol. The van der Waals surface area contributed by atoms with E-state index in [0.29, 0.717) is 32.6 Å². The van der Waals surface area contributed by atoms with Crippen LogP contribution in [0.4, 0.5) is 9.59 Å². The molecule has 2 fully saturated rings. The van der Waals surface area contributed by atoms with Crippen LogP contribution in [0, 0.1) is 5.92 Å². The van der Waals surface area contributed by atoms with Gasteiger partial charge in [-0.3, -0.25) is 4.79 Å². The van der Waals surface area contributed by atoms with Crippen molar-refractivity contribution in [2.45, 2.75) is 84.5 Å². The Morgan fingerprint density at radius 1 is 0.862 bits per heavy atom.